The second kappa shape index (κ2) is 12.1. The van der Waals surface area contributed by atoms with Crippen LogP contribution in [0.4, 0.5) is 4.79 Å². The fourth-order valence-electron chi connectivity index (χ4n) is 4.28. The summed E-state index contributed by atoms with van der Waals surface area (Å²) in [7, 11) is 3.20. The first kappa shape index (κ1) is 27.3. The molecule has 0 aromatic heterocycles. The topological polar surface area (TPSA) is 94.3 Å². The molecule has 0 saturated carbocycles. The van der Waals surface area contributed by atoms with Crippen molar-refractivity contribution in [3.63, 3.8) is 0 Å². The van der Waals surface area contributed by atoms with Gasteiger partial charge in [-0.2, -0.15) is 0 Å². The molecule has 2 aromatic rings. The van der Waals surface area contributed by atoms with E-state index in [4.69, 9.17) is 19.9 Å². The van der Waals surface area contributed by atoms with Crippen molar-refractivity contribution in [1.82, 2.24) is 9.80 Å². The number of amides is 2. The highest BCUT2D eigenvalue weighted by Gasteiger charge is 2.35. The van der Waals surface area contributed by atoms with E-state index in [2.05, 4.69) is 0 Å². The highest BCUT2D eigenvalue weighted by atomic mass is 16.6. The van der Waals surface area contributed by atoms with E-state index < -0.39 is 12.1 Å². The fourth-order valence-corrected chi connectivity index (χ4v) is 4.28. The lowest BCUT2D eigenvalue weighted by molar-refractivity contribution is -0.136. The maximum Gasteiger partial charge on any atom is 0.410 e. The number of rotatable bonds is 8. The van der Waals surface area contributed by atoms with Crippen LogP contribution in [0, 0.1) is 5.41 Å². The molecule has 2 aromatic carbocycles. The molecule has 1 atom stereocenters. The Morgan fingerprint density at radius 2 is 1.72 bits per heavy atom. The molecule has 8 nitrogen and oxygen atoms in total. The van der Waals surface area contributed by atoms with Crippen LogP contribution in [-0.4, -0.2) is 61.2 Å². The van der Waals surface area contributed by atoms with Gasteiger partial charge < -0.3 is 29.7 Å². The van der Waals surface area contributed by atoms with E-state index in [1.807, 2.05) is 68.1 Å². The molecule has 8 heteroatoms. The third-order valence-electron chi connectivity index (χ3n) is 6.69. The molecule has 1 heterocycles. The summed E-state index contributed by atoms with van der Waals surface area (Å²) in [5.41, 5.74) is 7.68. The van der Waals surface area contributed by atoms with Gasteiger partial charge >= 0.3 is 6.09 Å². The zero-order valence-corrected chi connectivity index (χ0v) is 22.0. The van der Waals surface area contributed by atoms with Crippen LogP contribution in [0.25, 0.3) is 0 Å². The van der Waals surface area contributed by atoms with Gasteiger partial charge in [-0.1, -0.05) is 51.1 Å². The van der Waals surface area contributed by atoms with Gasteiger partial charge in [-0.05, 0) is 36.0 Å². The summed E-state index contributed by atoms with van der Waals surface area (Å²) in [4.78, 5) is 29.8. The van der Waals surface area contributed by atoms with Gasteiger partial charge in [0.2, 0.25) is 5.91 Å². The normalized spacial score (nSPS) is 15.2. The Morgan fingerprint density at radius 3 is 2.31 bits per heavy atom. The Labute approximate surface area is 214 Å². The standard InChI is InChI=1S/C28H39N3O5/c1-28(2,3)25(29)26(32)30-15-13-22(14-16-30)31(27(33)36-19-20-9-7-6-8-10-20)18-21-11-12-23(34-4)17-24(21)35-5/h6-12,17,22,25H,13-16,18-19,29H2,1-5H3. The van der Waals surface area contributed by atoms with Crippen molar-refractivity contribution in [3.05, 3.63) is 59.7 Å². The van der Waals surface area contributed by atoms with Crippen LogP contribution >= 0.6 is 0 Å². The summed E-state index contributed by atoms with van der Waals surface area (Å²) in [6.07, 6.45) is 0.885. The Morgan fingerprint density at radius 1 is 1.06 bits per heavy atom. The number of piperidine rings is 1. The van der Waals surface area contributed by atoms with E-state index in [9.17, 15) is 9.59 Å². The van der Waals surface area contributed by atoms with Crippen LogP contribution in [0.5, 0.6) is 11.5 Å². The Kier molecular flexibility index (Phi) is 9.20. The monoisotopic (exact) mass is 497 g/mol. The van der Waals surface area contributed by atoms with Gasteiger partial charge in [0, 0.05) is 30.8 Å². The van der Waals surface area contributed by atoms with Crippen molar-refractivity contribution in [3.8, 4) is 11.5 Å². The SMILES string of the molecule is COc1ccc(CN(C(=O)OCc2ccccc2)C2CCN(C(=O)C(N)C(C)(C)C)CC2)c(OC)c1. The molecule has 0 aliphatic carbocycles. The lowest BCUT2D eigenvalue weighted by Crippen LogP contribution is -2.54. The second-order valence-corrected chi connectivity index (χ2v) is 10.2. The number of benzene rings is 2. The smallest absolute Gasteiger partial charge is 0.410 e. The van der Waals surface area contributed by atoms with Gasteiger partial charge in [0.05, 0.1) is 26.8 Å². The molecule has 3 rings (SSSR count). The third kappa shape index (κ3) is 6.91. The Hall–Kier alpha value is -3.26. The minimum absolute atomic E-state index is 0.0454. The quantitative estimate of drug-likeness (QED) is 0.587. The van der Waals surface area contributed by atoms with E-state index in [1.165, 1.54) is 0 Å². The molecule has 36 heavy (non-hydrogen) atoms. The average molecular weight is 498 g/mol. The van der Waals surface area contributed by atoms with Crippen molar-refractivity contribution >= 4 is 12.0 Å². The maximum absolute atomic E-state index is 13.3. The van der Waals surface area contributed by atoms with Crippen molar-refractivity contribution in [1.29, 1.82) is 0 Å². The number of hydrogen-bond donors (Lipinski definition) is 1. The van der Waals surface area contributed by atoms with E-state index in [-0.39, 0.29) is 24.0 Å². The summed E-state index contributed by atoms with van der Waals surface area (Å²) in [5.74, 6) is 1.27. The predicted octanol–water partition coefficient (Wildman–Crippen LogP) is 4.21. The summed E-state index contributed by atoms with van der Waals surface area (Å²) >= 11 is 0. The molecule has 2 amide bonds. The molecule has 0 radical (unpaired) electrons. The minimum atomic E-state index is -0.565. The lowest BCUT2D eigenvalue weighted by atomic mass is 9.86. The first-order chi connectivity index (χ1) is 17.1. The van der Waals surface area contributed by atoms with Gasteiger partial charge in [-0.3, -0.25) is 4.79 Å². The first-order valence-corrected chi connectivity index (χ1v) is 12.4. The minimum Gasteiger partial charge on any atom is -0.497 e. The molecule has 0 spiro atoms. The number of hydrogen-bond acceptors (Lipinski definition) is 6. The van der Waals surface area contributed by atoms with Crippen LogP contribution in [0.2, 0.25) is 0 Å². The molecule has 2 N–H and O–H groups in total. The summed E-state index contributed by atoms with van der Waals surface area (Å²) < 4.78 is 16.6. The number of nitrogens with two attached hydrogens (primary N) is 1. The number of ether oxygens (including phenoxy) is 3. The van der Waals surface area contributed by atoms with E-state index in [0.29, 0.717) is 44.0 Å². The average Bonchev–Trinajstić information content (AvgIpc) is 2.89. The Bertz CT molecular complexity index is 1010. The second-order valence-electron chi connectivity index (χ2n) is 10.2. The number of methoxy groups -OCH3 is 2. The van der Waals surface area contributed by atoms with E-state index in [0.717, 1.165) is 11.1 Å². The van der Waals surface area contributed by atoms with Crippen molar-refractivity contribution < 1.29 is 23.8 Å². The van der Waals surface area contributed by atoms with Gasteiger partial charge in [0.1, 0.15) is 18.1 Å². The molecule has 1 fully saturated rings. The van der Waals surface area contributed by atoms with Crippen LogP contribution in [0.1, 0.15) is 44.7 Å². The van der Waals surface area contributed by atoms with Crippen LogP contribution in [0.3, 0.4) is 0 Å². The molecule has 0 bridgehead atoms. The van der Waals surface area contributed by atoms with E-state index in [1.54, 1.807) is 25.2 Å². The highest BCUT2D eigenvalue weighted by Crippen LogP contribution is 2.29. The number of carbonyl (C=O) groups excluding carboxylic acids is 2. The summed E-state index contributed by atoms with van der Waals surface area (Å²) in [6.45, 7) is 7.48. The molecular formula is C28H39N3O5. The van der Waals surface area contributed by atoms with Gasteiger partial charge in [-0.15, -0.1) is 0 Å². The third-order valence-corrected chi connectivity index (χ3v) is 6.69. The van der Waals surface area contributed by atoms with Crippen molar-refractivity contribution in [2.75, 3.05) is 27.3 Å². The molecule has 1 saturated heterocycles. The van der Waals surface area contributed by atoms with Crippen LogP contribution in [-0.2, 0) is 22.7 Å². The number of nitrogens with zero attached hydrogens (tertiary/aromatic N) is 2. The molecule has 1 unspecified atom stereocenters. The molecule has 1 aliphatic rings. The lowest BCUT2D eigenvalue weighted by Gasteiger charge is -2.40. The van der Waals surface area contributed by atoms with Crippen molar-refractivity contribution in [2.45, 2.75) is 58.8 Å². The van der Waals surface area contributed by atoms with E-state index >= 15 is 0 Å². The first-order valence-electron chi connectivity index (χ1n) is 12.4. The van der Waals surface area contributed by atoms with Gasteiger partial charge in [-0.25, -0.2) is 4.79 Å². The predicted molar refractivity (Wildman–Crippen MR) is 139 cm³/mol. The Balaban J connectivity index is 1.75. The molecule has 1 aliphatic heterocycles. The van der Waals surface area contributed by atoms with Crippen LogP contribution in [0.15, 0.2) is 48.5 Å². The zero-order valence-electron chi connectivity index (χ0n) is 22.0. The number of likely N-dealkylation sites (tertiary alicyclic amines) is 1. The maximum atomic E-state index is 13.3. The zero-order chi connectivity index (χ0) is 26.3. The molecular weight excluding hydrogens is 458 g/mol. The summed E-state index contributed by atoms with van der Waals surface area (Å²) in [6, 6.07) is 14.5. The fraction of sp³-hybridized carbons (Fsp3) is 0.500. The van der Waals surface area contributed by atoms with Crippen LogP contribution < -0.4 is 15.2 Å². The largest absolute Gasteiger partial charge is 0.497 e. The highest BCUT2D eigenvalue weighted by molar-refractivity contribution is 5.82. The summed E-state index contributed by atoms with van der Waals surface area (Å²) in [5, 5.41) is 0. The van der Waals surface area contributed by atoms with Gasteiger partial charge in [0.15, 0.2) is 0 Å². The number of carbonyl (C=O) groups is 2. The van der Waals surface area contributed by atoms with Crippen molar-refractivity contribution in [2.24, 2.45) is 11.1 Å². The molecule has 196 valence electrons. The van der Waals surface area contributed by atoms with Gasteiger partial charge in [0.25, 0.3) is 0 Å².